The minimum Gasteiger partial charge on any atom is -0.283 e. The number of aliphatic imine (C=N–C) groups is 1. The topological polar surface area (TPSA) is 12.4 Å². The lowest BCUT2D eigenvalue weighted by atomic mass is 10.00. The predicted molar refractivity (Wildman–Crippen MR) is 86.4 cm³/mol. The van der Waals surface area contributed by atoms with Gasteiger partial charge in [0.2, 0.25) is 0 Å². The molecule has 22 heavy (non-hydrogen) atoms. The smallest absolute Gasteiger partial charge is 0.283 e. The van der Waals surface area contributed by atoms with E-state index in [1.807, 2.05) is 30.3 Å². The monoisotopic (exact) mass is 343 g/mol. The molecule has 1 nitrogen and oxygen atoms in total. The lowest BCUT2D eigenvalue weighted by Gasteiger charge is -2.13. The van der Waals surface area contributed by atoms with Crippen LogP contribution in [0.1, 0.15) is 16.7 Å². The predicted octanol–water partition coefficient (Wildman–Crippen LogP) is 5.07. The summed E-state index contributed by atoms with van der Waals surface area (Å²) >= 11 is 1.55. The maximum Gasteiger partial charge on any atom is 0.416 e. The summed E-state index contributed by atoms with van der Waals surface area (Å²) in [6.07, 6.45) is -4.34. The van der Waals surface area contributed by atoms with Crippen LogP contribution in [-0.4, -0.2) is 18.0 Å². The molecule has 0 amide bonds. The highest BCUT2D eigenvalue weighted by atomic mass is 35.5. The van der Waals surface area contributed by atoms with Gasteiger partial charge in [0.1, 0.15) is 0 Å². The van der Waals surface area contributed by atoms with Crippen molar-refractivity contribution in [3.63, 3.8) is 0 Å². The van der Waals surface area contributed by atoms with Gasteiger partial charge in [-0.2, -0.15) is 13.2 Å². The Bertz CT molecular complexity index is 684. The molecule has 0 fully saturated rings. The van der Waals surface area contributed by atoms with Crippen LogP contribution in [0.5, 0.6) is 0 Å². The van der Waals surface area contributed by atoms with Crippen molar-refractivity contribution < 1.29 is 13.2 Å². The summed E-state index contributed by atoms with van der Waals surface area (Å²) < 4.78 is 38.8. The van der Waals surface area contributed by atoms with Gasteiger partial charge in [-0.05, 0) is 18.2 Å². The molecule has 116 valence electrons. The van der Waals surface area contributed by atoms with Gasteiger partial charge in [-0.1, -0.05) is 30.3 Å². The Morgan fingerprint density at radius 3 is 2.41 bits per heavy atom. The number of alkyl halides is 3. The molecule has 0 bridgehead atoms. The lowest BCUT2D eigenvalue weighted by Crippen LogP contribution is -2.10. The molecule has 0 N–H and O–H groups in total. The molecule has 1 aliphatic heterocycles. The standard InChI is InChI=1S/C16H12F3NS.ClH/c17-16(18,19)12-6-7-14-13(10-12)15(20-8-9-21-14)11-4-2-1-3-5-11;/h1-7,10H,8-9H2;1H. The van der Waals surface area contributed by atoms with Crippen molar-refractivity contribution in [1.82, 2.24) is 0 Å². The zero-order chi connectivity index (χ0) is 14.9. The quantitative estimate of drug-likeness (QED) is 0.704. The van der Waals surface area contributed by atoms with Crippen LogP contribution >= 0.6 is 24.2 Å². The summed E-state index contributed by atoms with van der Waals surface area (Å²) in [5.41, 5.74) is 1.42. The molecule has 2 aromatic rings. The van der Waals surface area contributed by atoms with Crippen LogP contribution in [0.25, 0.3) is 0 Å². The van der Waals surface area contributed by atoms with Crippen molar-refractivity contribution in [3.05, 3.63) is 65.2 Å². The first-order valence-corrected chi connectivity index (χ1v) is 7.48. The molecule has 2 aromatic carbocycles. The van der Waals surface area contributed by atoms with E-state index in [4.69, 9.17) is 0 Å². The second-order valence-electron chi connectivity index (χ2n) is 4.65. The van der Waals surface area contributed by atoms with Crippen molar-refractivity contribution in [2.24, 2.45) is 4.99 Å². The summed E-state index contributed by atoms with van der Waals surface area (Å²) in [5.74, 6) is 0.773. The number of hydrogen-bond acceptors (Lipinski definition) is 2. The molecule has 1 heterocycles. The highest BCUT2D eigenvalue weighted by Crippen LogP contribution is 2.35. The van der Waals surface area contributed by atoms with E-state index in [1.165, 1.54) is 6.07 Å². The molecular formula is C16H13ClF3NS. The molecule has 0 aromatic heterocycles. The Balaban J connectivity index is 0.00000176. The number of rotatable bonds is 1. The summed E-state index contributed by atoms with van der Waals surface area (Å²) in [5, 5.41) is 0. The highest BCUT2D eigenvalue weighted by Gasteiger charge is 2.31. The average molecular weight is 344 g/mol. The van der Waals surface area contributed by atoms with Gasteiger partial charge in [0.15, 0.2) is 0 Å². The van der Waals surface area contributed by atoms with Crippen LogP contribution in [0.2, 0.25) is 0 Å². The highest BCUT2D eigenvalue weighted by molar-refractivity contribution is 7.99. The maximum atomic E-state index is 12.9. The van der Waals surface area contributed by atoms with Crippen molar-refractivity contribution in [1.29, 1.82) is 0 Å². The van der Waals surface area contributed by atoms with E-state index in [-0.39, 0.29) is 12.4 Å². The minimum absolute atomic E-state index is 0. The number of nitrogens with zero attached hydrogens (tertiary/aromatic N) is 1. The summed E-state index contributed by atoms with van der Waals surface area (Å²) in [4.78, 5) is 5.34. The van der Waals surface area contributed by atoms with E-state index in [0.717, 1.165) is 22.3 Å². The van der Waals surface area contributed by atoms with Gasteiger partial charge in [0.25, 0.3) is 0 Å². The van der Waals surface area contributed by atoms with Gasteiger partial charge in [0.05, 0.1) is 11.3 Å². The normalized spacial score (nSPS) is 14.4. The molecule has 0 aliphatic carbocycles. The molecule has 0 radical (unpaired) electrons. The van der Waals surface area contributed by atoms with Crippen molar-refractivity contribution in [3.8, 4) is 0 Å². The van der Waals surface area contributed by atoms with Crippen molar-refractivity contribution in [2.45, 2.75) is 11.1 Å². The Morgan fingerprint density at radius 1 is 1.00 bits per heavy atom. The molecule has 0 atom stereocenters. The third-order valence-electron chi connectivity index (χ3n) is 3.23. The van der Waals surface area contributed by atoms with E-state index in [9.17, 15) is 13.2 Å². The van der Waals surface area contributed by atoms with Crippen LogP contribution in [0.4, 0.5) is 13.2 Å². The van der Waals surface area contributed by atoms with Crippen LogP contribution in [0.3, 0.4) is 0 Å². The first-order valence-electron chi connectivity index (χ1n) is 6.50. The van der Waals surface area contributed by atoms with Crippen LogP contribution < -0.4 is 0 Å². The zero-order valence-electron chi connectivity index (χ0n) is 11.4. The van der Waals surface area contributed by atoms with Crippen LogP contribution in [0, 0.1) is 0 Å². The molecule has 3 rings (SSSR count). The van der Waals surface area contributed by atoms with Gasteiger partial charge in [-0.25, -0.2) is 0 Å². The fourth-order valence-corrected chi connectivity index (χ4v) is 3.14. The minimum atomic E-state index is -4.34. The van der Waals surface area contributed by atoms with E-state index in [0.29, 0.717) is 17.8 Å². The first kappa shape index (κ1) is 16.9. The Labute approximate surface area is 137 Å². The second-order valence-corrected chi connectivity index (χ2v) is 5.79. The largest absolute Gasteiger partial charge is 0.416 e. The third-order valence-corrected chi connectivity index (χ3v) is 4.28. The fourth-order valence-electron chi connectivity index (χ4n) is 2.26. The Morgan fingerprint density at radius 2 is 1.73 bits per heavy atom. The van der Waals surface area contributed by atoms with E-state index >= 15 is 0 Å². The molecule has 6 heteroatoms. The maximum absolute atomic E-state index is 12.9. The summed E-state index contributed by atoms with van der Waals surface area (Å²) in [6.45, 7) is 0.602. The molecule has 0 saturated heterocycles. The van der Waals surface area contributed by atoms with Crippen LogP contribution in [0.15, 0.2) is 58.4 Å². The van der Waals surface area contributed by atoms with Crippen molar-refractivity contribution in [2.75, 3.05) is 12.3 Å². The molecule has 0 spiro atoms. The molecule has 0 saturated carbocycles. The first-order chi connectivity index (χ1) is 10.1. The number of halogens is 4. The van der Waals surface area contributed by atoms with E-state index in [1.54, 1.807) is 17.8 Å². The molecule has 0 unspecified atom stereocenters. The van der Waals surface area contributed by atoms with Gasteiger partial charge in [-0.3, -0.25) is 4.99 Å². The third kappa shape index (κ3) is 3.47. The zero-order valence-corrected chi connectivity index (χ0v) is 13.1. The molecular weight excluding hydrogens is 331 g/mol. The van der Waals surface area contributed by atoms with Gasteiger partial charge < -0.3 is 0 Å². The second kappa shape index (κ2) is 6.75. The summed E-state index contributed by atoms with van der Waals surface area (Å²) in [7, 11) is 0. The van der Waals surface area contributed by atoms with Crippen LogP contribution in [-0.2, 0) is 6.18 Å². The average Bonchev–Trinajstić information content (AvgIpc) is 2.69. The number of fused-ring (bicyclic) bond motifs is 1. The van der Waals surface area contributed by atoms with Crippen molar-refractivity contribution >= 4 is 29.9 Å². The SMILES string of the molecule is Cl.FC(F)(F)c1ccc2c(c1)C(c1ccccc1)=NCCS2. The number of thioether (sulfide) groups is 1. The Kier molecular flexibility index (Phi) is 5.19. The van der Waals surface area contributed by atoms with Gasteiger partial charge in [-0.15, -0.1) is 24.2 Å². The summed E-state index contributed by atoms with van der Waals surface area (Å²) in [6, 6.07) is 13.2. The van der Waals surface area contributed by atoms with E-state index < -0.39 is 11.7 Å². The van der Waals surface area contributed by atoms with Gasteiger partial charge >= 0.3 is 6.18 Å². The van der Waals surface area contributed by atoms with E-state index in [2.05, 4.69) is 4.99 Å². The van der Waals surface area contributed by atoms with Gasteiger partial charge in [0, 0.05) is 28.3 Å². The Hall–Kier alpha value is -1.46. The fraction of sp³-hybridized carbons (Fsp3) is 0.188. The number of hydrogen-bond donors (Lipinski definition) is 0. The number of benzene rings is 2. The molecule has 1 aliphatic rings. The lowest BCUT2D eigenvalue weighted by molar-refractivity contribution is -0.137.